The van der Waals surface area contributed by atoms with Gasteiger partial charge in [-0.25, -0.2) is 0 Å². The smallest absolute Gasteiger partial charge is 0.231 e. The molecule has 0 saturated heterocycles. The number of methoxy groups -OCH3 is 1. The SMILES string of the molecule is CCOc1ccc(Cc2nc(-c3cc(Cl)ccc3OC)no2)cc1OCC. The summed E-state index contributed by atoms with van der Waals surface area (Å²) < 4.78 is 22.0. The Balaban J connectivity index is 1.84. The molecular weight excluding hydrogens is 368 g/mol. The molecule has 1 heterocycles. The molecule has 0 aliphatic heterocycles. The summed E-state index contributed by atoms with van der Waals surface area (Å²) in [5.74, 6) is 2.97. The van der Waals surface area contributed by atoms with Crippen molar-refractivity contribution in [2.24, 2.45) is 0 Å². The van der Waals surface area contributed by atoms with Gasteiger partial charge in [-0.3, -0.25) is 0 Å². The van der Waals surface area contributed by atoms with Crippen LogP contribution in [0.5, 0.6) is 17.2 Å². The quantitative estimate of drug-likeness (QED) is 0.552. The number of rotatable bonds is 8. The van der Waals surface area contributed by atoms with Crippen LogP contribution in [0, 0.1) is 0 Å². The maximum Gasteiger partial charge on any atom is 0.231 e. The molecule has 0 bridgehead atoms. The van der Waals surface area contributed by atoms with Gasteiger partial charge in [-0.05, 0) is 49.7 Å². The number of hydrogen-bond donors (Lipinski definition) is 0. The van der Waals surface area contributed by atoms with Crippen molar-refractivity contribution in [2.75, 3.05) is 20.3 Å². The number of benzene rings is 2. The van der Waals surface area contributed by atoms with Gasteiger partial charge in [-0.15, -0.1) is 0 Å². The molecular formula is C20H21ClN2O4. The zero-order chi connectivity index (χ0) is 19.2. The highest BCUT2D eigenvalue weighted by Crippen LogP contribution is 2.32. The van der Waals surface area contributed by atoms with Crippen LogP contribution in [0.2, 0.25) is 5.02 Å². The average molecular weight is 389 g/mol. The molecule has 0 amide bonds. The van der Waals surface area contributed by atoms with E-state index >= 15 is 0 Å². The molecule has 0 aliphatic rings. The van der Waals surface area contributed by atoms with Crippen LogP contribution in [-0.2, 0) is 6.42 Å². The average Bonchev–Trinajstić information content (AvgIpc) is 3.12. The molecule has 0 radical (unpaired) electrons. The molecule has 27 heavy (non-hydrogen) atoms. The molecule has 0 spiro atoms. The minimum Gasteiger partial charge on any atom is -0.496 e. The number of halogens is 1. The monoisotopic (exact) mass is 388 g/mol. The fraction of sp³-hybridized carbons (Fsp3) is 0.300. The molecule has 3 rings (SSSR count). The molecule has 2 aromatic carbocycles. The second kappa shape index (κ2) is 8.77. The normalized spacial score (nSPS) is 10.7. The van der Waals surface area contributed by atoms with Gasteiger partial charge in [0.15, 0.2) is 11.5 Å². The maximum absolute atomic E-state index is 6.08. The first-order valence-electron chi connectivity index (χ1n) is 8.69. The lowest BCUT2D eigenvalue weighted by Gasteiger charge is -2.11. The van der Waals surface area contributed by atoms with Crippen molar-refractivity contribution in [3.8, 4) is 28.6 Å². The van der Waals surface area contributed by atoms with Crippen LogP contribution in [0.4, 0.5) is 0 Å². The Kier molecular flexibility index (Phi) is 6.19. The molecule has 0 aliphatic carbocycles. The van der Waals surface area contributed by atoms with E-state index in [2.05, 4.69) is 10.1 Å². The van der Waals surface area contributed by atoms with Crippen molar-refractivity contribution in [1.29, 1.82) is 0 Å². The highest BCUT2D eigenvalue weighted by atomic mass is 35.5. The van der Waals surface area contributed by atoms with Crippen LogP contribution in [0.25, 0.3) is 11.4 Å². The van der Waals surface area contributed by atoms with E-state index in [4.69, 9.17) is 30.3 Å². The van der Waals surface area contributed by atoms with Crippen molar-refractivity contribution < 1.29 is 18.7 Å². The first-order chi connectivity index (χ1) is 13.1. The molecule has 0 N–H and O–H groups in total. The second-order valence-electron chi connectivity index (χ2n) is 5.68. The van der Waals surface area contributed by atoms with E-state index in [0.717, 1.165) is 11.3 Å². The van der Waals surface area contributed by atoms with Crippen molar-refractivity contribution in [3.05, 3.63) is 52.9 Å². The Morgan fingerprint density at radius 3 is 2.44 bits per heavy atom. The summed E-state index contributed by atoms with van der Waals surface area (Å²) >= 11 is 6.08. The van der Waals surface area contributed by atoms with Gasteiger partial charge >= 0.3 is 0 Å². The minimum atomic E-state index is 0.431. The van der Waals surface area contributed by atoms with E-state index in [9.17, 15) is 0 Å². The maximum atomic E-state index is 6.08. The molecule has 0 saturated carbocycles. The predicted octanol–water partition coefficient (Wildman–Crippen LogP) is 4.79. The van der Waals surface area contributed by atoms with E-state index in [-0.39, 0.29) is 0 Å². The molecule has 6 nitrogen and oxygen atoms in total. The Morgan fingerprint density at radius 2 is 1.70 bits per heavy atom. The second-order valence-corrected chi connectivity index (χ2v) is 6.12. The lowest BCUT2D eigenvalue weighted by atomic mass is 10.1. The summed E-state index contributed by atoms with van der Waals surface area (Å²) in [4.78, 5) is 4.47. The molecule has 142 valence electrons. The third-order valence-corrected chi connectivity index (χ3v) is 4.07. The van der Waals surface area contributed by atoms with E-state index in [1.807, 2.05) is 32.0 Å². The van der Waals surface area contributed by atoms with Gasteiger partial charge in [0.1, 0.15) is 5.75 Å². The third kappa shape index (κ3) is 4.52. The van der Waals surface area contributed by atoms with E-state index in [1.165, 1.54) is 0 Å². The zero-order valence-electron chi connectivity index (χ0n) is 15.5. The van der Waals surface area contributed by atoms with Gasteiger partial charge < -0.3 is 18.7 Å². The standard InChI is InChI=1S/C20H21ClN2O4/c1-4-25-17-8-6-13(10-18(17)26-5-2)11-19-22-20(23-27-19)15-12-14(21)7-9-16(15)24-3/h6-10,12H,4-5,11H2,1-3H3. The van der Waals surface area contributed by atoms with Crippen LogP contribution in [-0.4, -0.2) is 30.5 Å². The van der Waals surface area contributed by atoms with E-state index in [1.54, 1.807) is 25.3 Å². The first-order valence-corrected chi connectivity index (χ1v) is 9.07. The highest BCUT2D eigenvalue weighted by Gasteiger charge is 2.15. The van der Waals surface area contributed by atoms with Crippen LogP contribution in [0.3, 0.4) is 0 Å². The third-order valence-electron chi connectivity index (χ3n) is 3.83. The Bertz CT molecular complexity index is 911. The zero-order valence-corrected chi connectivity index (χ0v) is 16.2. The summed E-state index contributed by atoms with van der Waals surface area (Å²) in [7, 11) is 1.59. The summed E-state index contributed by atoms with van der Waals surface area (Å²) in [5, 5.41) is 4.63. The number of ether oxygens (including phenoxy) is 3. The molecule has 7 heteroatoms. The van der Waals surface area contributed by atoms with Crippen molar-refractivity contribution in [2.45, 2.75) is 20.3 Å². The minimum absolute atomic E-state index is 0.431. The lowest BCUT2D eigenvalue weighted by Crippen LogP contribution is -1.99. The Morgan fingerprint density at radius 1 is 0.963 bits per heavy atom. The largest absolute Gasteiger partial charge is 0.496 e. The van der Waals surface area contributed by atoms with E-state index in [0.29, 0.717) is 53.4 Å². The number of aromatic nitrogens is 2. The number of hydrogen-bond acceptors (Lipinski definition) is 6. The lowest BCUT2D eigenvalue weighted by molar-refractivity contribution is 0.287. The van der Waals surface area contributed by atoms with Crippen molar-refractivity contribution in [1.82, 2.24) is 10.1 Å². The molecule has 0 fully saturated rings. The van der Waals surface area contributed by atoms with Crippen molar-refractivity contribution >= 4 is 11.6 Å². The first kappa shape index (κ1) is 19.0. The summed E-state index contributed by atoms with van der Waals surface area (Å²) in [6.45, 7) is 5.01. The topological polar surface area (TPSA) is 66.6 Å². The van der Waals surface area contributed by atoms with Gasteiger partial charge in [-0.2, -0.15) is 4.98 Å². The van der Waals surface area contributed by atoms with Gasteiger partial charge in [0, 0.05) is 5.02 Å². The van der Waals surface area contributed by atoms with Gasteiger partial charge in [0.05, 0.1) is 32.3 Å². The molecule has 1 aromatic heterocycles. The Labute approximate surface area is 163 Å². The van der Waals surface area contributed by atoms with Crippen molar-refractivity contribution in [3.63, 3.8) is 0 Å². The van der Waals surface area contributed by atoms with Gasteiger partial charge in [0.2, 0.25) is 11.7 Å². The number of nitrogens with zero attached hydrogens (tertiary/aromatic N) is 2. The fourth-order valence-electron chi connectivity index (χ4n) is 2.67. The molecule has 0 atom stereocenters. The predicted molar refractivity (Wildman–Crippen MR) is 103 cm³/mol. The van der Waals surface area contributed by atoms with E-state index < -0.39 is 0 Å². The van der Waals surface area contributed by atoms with Gasteiger partial charge in [0.25, 0.3) is 0 Å². The summed E-state index contributed by atoms with van der Waals surface area (Å²) in [5.41, 5.74) is 1.66. The van der Waals surface area contributed by atoms with Crippen LogP contribution in [0.1, 0.15) is 25.3 Å². The summed E-state index contributed by atoms with van der Waals surface area (Å²) in [6, 6.07) is 11.0. The van der Waals surface area contributed by atoms with Gasteiger partial charge in [-0.1, -0.05) is 22.8 Å². The summed E-state index contributed by atoms with van der Waals surface area (Å²) in [6.07, 6.45) is 0.475. The van der Waals surface area contributed by atoms with Crippen LogP contribution < -0.4 is 14.2 Å². The molecule has 3 aromatic rings. The Hall–Kier alpha value is -2.73. The van der Waals surface area contributed by atoms with Crippen LogP contribution >= 0.6 is 11.6 Å². The highest BCUT2D eigenvalue weighted by molar-refractivity contribution is 6.30. The van der Waals surface area contributed by atoms with Crippen LogP contribution in [0.15, 0.2) is 40.9 Å². The fourth-order valence-corrected chi connectivity index (χ4v) is 2.84. The molecule has 0 unspecified atom stereocenters.